The number of nitrogens with one attached hydrogen (secondary N) is 2. The molecule has 0 aliphatic carbocycles. The quantitative estimate of drug-likeness (QED) is 0.650. The van der Waals surface area contributed by atoms with E-state index >= 15 is 0 Å². The van der Waals surface area contributed by atoms with Crippen LogP contribution in [-0.4, -0.2) is 47.7 Å². The summed E-state index contributed by atoms with van der Waals surface area (Å²) in [4.78, 5) is 31.7. The van der Waals surface area contributed by atoms with E-state index in [0.29, 0.717) is 18.1 Å². The van der Waals surface area contributed by atoms with Crippen molar-refractivity contribution >= 4 is 39.6 Å². The molecule has 8 nitrogen and oxygen atoms in total. The van der Waals surface area contributed by atoms with Crippen LogP contribution in [-0.2, 0) is 4.74 Å². The minimum Gasteiger partial charge on any atom is -0.378 e. The molecule has 4 rings (SSSR count). The lowest BCUT2D eigenvalue weighted by Crippen LogP contribution is -2.41. The number of hydrogen-bond donors (Lipinski definition) is 2. The van der Waals surface area contributed by atoms with E-state index in [2.05, 4.69) is 20.7 Å². The molecule has 1 saturated heterocycles. The predicted molar refractivity (Wildman–Crippen MR) is 104 cm³/mol. The SMILES string of the molecule is O=C(NNC(=O)c1sccc1-n1cccc1)c1csc(N2CCOCC2)n1. The third-order valence-electron chi connectivity index (χ3n) is 4.03. The third kappa shape index (κ3) is 3.87. The number of thiophene rings is 1. The summed E-state index contributed by atoms with van der Waals surface area (Å²) in [6, 6.07) is 5.63. The number of hydrazine groups is 1. The summed E-state index contributed by atoms with van der Waals surface area (Å²) >= 11 is 2.71. The number of carbonyl (C=O) groups is 2. The highest BCUT2D eigenvalue weighted by atomic mass is 32.1. The molecule has 0 unspecified atom stereocenters. The molecule has 2 amide bonds. The average molecular weight is 403 g/mol. The number of carbonyl (C=O) groups excluding carboxylic acids is 2. The first kappa shape index (κ1) is 17.7. The van der Waals surface area contributed by atoms with Crippen LogP contribution >= 0.6 is 22.7 Å². The summed E-state index contributed by atoms with van der Waals surface area (Å²) in [6.07, 6.45) is 3.72. The van der Waals surface area contributed by atoms with Gasteiger partial charge in [-0.05, 0) is 23.6 Å². The molecular weight excluding hydrogens is 386 g/mol. The van der Waals surface area contributed by atoms with E-state index in [1.165, 1.54) is 22.7 Å². The molecule has 1 aliphatic rings. The molecule has 3 aromatic rings. The highest BCUT2D eigenvalue weighted by Crippen LogP contribution is 2.22. The van der Waals surface area contributed by atoms with Crippen LogP contribution < -0.4 is 15.8 Å². The molecule has 3 aromatic heterocycles. The van der Waals surface area contributed by atoms with Gasteiger partial charge < -0.3 is 14.2 Å². The van der Waals surface area contributed by atoms with Crippen LogP contribution in [0.5, 0.6) is 0 Å². The first-order valence-corrected chi connectivity index (χ1v) is 10.1. The Kier molecular flexibility index (Phi) is 5.19. The molecule has 2 N–H and O–H groups in total. The van der Waals surface area contributed by atoms with Gasteiger partial charge in [-0.25, -0.2) is 4.98 Å². The first-order valence-electron chi connectivity index (χ1n) is 8.32. The number of amides is 2. The van der Waals surface area contributed by atoms with Gasteiger partial charge >= 0.3 is 0 Å². The maximum Gasteiger partial charge on any atom is 0.289 e. The monoisotopic (exact) mass is 403 g/mol. The highest BCUT2D eigenvalue weighted by molar-refractivity contribution is 7.14. The maximum atomic E-state index is 12.4. The minimum absolute atomic E-state index is 0.276. The van der Waals surface area contributed by atoms with E-state index in [1.807, 2.05) is 40.5 Å². The number of morpholine rings is 1. The van der Waals surface area contributed by atoms with E-state index in [9.17, 15) is 9.59 Å². The van der Waals surface area contributed by atoms with Crippen LogP contribution in [0.3, 0.4) is 0 Å². The van der Waals surface area contributed by atoms with Crippen molar-refractivity contribution in [2.45, 2.75) is 0 Å². The molecule has 0 aromatic carbocycles. The van der Waals surface area contributed by atoms with Gasteiger partial charge in [-0.1, -0.05) is 0 Å². The van der Waals surface area contributed by atoms with E-state index in [-0.39, 0.29) is 11.6 Å². The highest BCUT2D eigenvalue weighted by Gasteiger charge is 2.19. The number of anilines is 1. The van der Waals surface area contributed by atoms with Gasteiger partial charge in [0.15, 0.2) is 5.13 Å². The molecule has 0 saturated carbocycles. The van der Waals surface area contributed by atoms with Crippen molar-refractivity contribution in [3.05, 3.63) is 51.9 Å². The van der Waals surface area contributed by atoms with Gasteiger partial charge in [-0.15, -0.1) is 22.7 Å². The Morgan fingerprint density at radius 3 is 2.59 bits per heavy atom. The van der Waals surface area contributed by atoms with Crippen LogP contribution in [0.4, 0.5) is 5.13 Å². The first-order chi connectivity index (χ1) is 13.2. The topological polar surface area (TPSA) is 88.5 Å². The Labute approximate surface area is 163 Å². The Balaban J connectivity index is 1.38. The summed E-state index contributed by atoms with van der Waals surface area (Å²) in [5, 5.41) is 4.30. The van der Waals surface area contributed by atoms with Crippen molar-refractivity contribution in [2.75, 3.05) is 31.2 Å². The zero-order chi connectivity index (χ0) is 18.6. The molecule has 0 bridgehead atoms. The van der Waals surface area contributed by atoms with Crippen molar-refractivity contribution in [3.63, 3.8) is 0 Å². The minimum atomic E-state index is -0.446. The molecule has 27 heavy (non-hydrogen) atoms. The second-order valence-corrected chi connectivity index (χ2v) is 7.50. The number of thiazole rings is 1. The van der Waals surface area contributed by atoms with E-state index in [1.54, 1.807) is 5.38 Å². The Bertz CT molecular complexity index is 928. The van der Waals surface area contributed by atoms with E-state index in [4.69, 9.17) is 4.74 Å². The van der Waals surface area contributed by atoms with E-state index in [0.717, 1.165) is 23.9 Å². The predicted octanol–water partition coefficient (Wildman–Crippen LogP) is 1.91. The van der Waals surface area contributed by atoms with Crippen molar-refractivity contribution in [1.82, 2.24) is 20.4 Å². The van der Waals surface area contributed by atoms with Gasteiger partial charge in [-0.3, -0.25) is 20.4 Å². The molecular formula is C17H17N5O3S2. The number of nitrogens with zero attached hydrogens (tertiary/aromatic N) is 3. The summed E-state index contributed by atoms with van der Waals surface area (Å²) in [6.45, 7) is 2.82. The van der Waals surface area contributed by atoms with Crippen molar-refractivity contribution in [2.24, 2.45) is 0 Å². The molecule has 0 radical (unpaired) electrons. The van der Waals surface area contributed by atoms with Crippen LogP contribution in [0.15, 0.2) is 41.4 Å². The Morgan fingerprint density at radius 1 is 1.07 bits per heavy atom. The Hall–Kier alpha value is -2.69. The number of hydrogen-bond acceptors (Lipinski definition) is 7. The lowest BCUT2D eigenvalue weighted by atomic mass is 10.3. The van der Waals surface area contributed by atoms with Crippen molar-refractivity contribution in [3.8, 4) is 5.69 Å². The smallest absolute Gasteiger partial charge is 0.289 e. The summed E-state index contributed by atoms with van der Waals surface area (Å²) in [5.41, 5.74) is 5.94. The average Bonchev–Trinajstić information content (AvgIpc) is 3.47. The van der Waals surface area contributed by atoms with Gasteiger partial charge in [-0.2, -0.15) is 0 Å². The van der Waals surface area contributed by atoms with Crippen LogP contribution in [0.25, 0.3) is 5.69 Å². The standard InChI is InChI=1S/C17H17N5O3S2/c23-15(12-11-27-17(18-12)22-6-8-25-9-7-22)19-20-16(24)14-13(3-10-26-14)21-4-1-2-5-21/h1-5,10-11H,6-9H2,(H,19,23)(H,20,24). The van der Waals surface area contributed by atoms with Crippen molar-refractivity contribution in [1.29, 1.82) is 0 Å². The largest absolute Gasteiger partial charge is 0.378 e. The van der Waals surface area contributed by atoms with E-state index < -0.39 is 5.91 Å². The molecule has 10 heteroatoms. The van der Waals surface area contributed by atoms with Gasteiger partial charge in [0.1, 0.15) is 10.6 Å². The zero-order valence-corrected chi connectivity index (χ0v) is 15.9. The molecule has 0 atom stereocenters. The fourth-order valence-electron chi connectivity index (χ4n) is 2.67. The molecule has 1 fully saturated rings. The van der Waals surface area contributed by atoms with Gasteiger partial charge in [0.05, 0.1) is 18.9 Å². The number of ether oxygens (including phenoxy) is 1. The van der Waals surface area contributed by atoms with Gasteiger partial charge in [0.2, 0.25) is 0 Å². The normalized spacial score (nSPS) is 14.1. The summed E-state index contributed by atoms with van der Waals surface area (Å²) in [5.74, 6) is -0.816. The number of aromatic nitrogens is 2. The van der Waals surface area contributed by atoms with Crippen LogP contribution in [0.2, 0.25) is 0 Å². The van der Waals surface area contributed by atoms with Crippen molar-refractivity contribution < 1.29 is 14.3 Å². The molecule has 4 heterocycles. The summed E-state index contributed by atoms with van der Waals surface area (Å²) in [7, 11) is 0. The molecule has 140 valence electrons. The zero-order valence-electron chi connectivity index (χ0n) is 14.3. The Morgan fingerprint density at radius 2 is 1.81 bits per heavy atom. The molecule has 1 aliphatic heterocycles. The second-order valence-electron chi connectivity index (χ2n) is 5.75. The van der Waals surface area contributed by atoms with Crippen LogP contribution in [0.1, 0.15) is 20.2 Å². The van der Waals surface area contributed by atoms with Crippen LogP contribution in [0, 0.1) is 0 Å². The second kappa shape index (κ2) is 7.91. The maximum absolute atomic E-state index is 12.4. The fourth-order valence-corrected chi connectivity index (χ4v) is 4.32. The third-order valence-corrected chi connectivity index (χ3v) is 5.83. The van der Waals surface area contributed by atoms with Gasteiger partial charge in [0.25, 0.3) is 11.8 Å². The summed E-state index contributed by atoms with van der Waals surface area (Å²) < 4.78 is 7.17. The molecule has 0 spiro atoms. The lowest BCUT2D eigenvalue weighted by molar-refractivity contribution is 0.0846. The number of rotatable bonds is 4. The fraction of sp³-hybridized carbons (Fsp3) is 0.235. The lowest BCUT2D eigenvalue weighted by Gasteiger charge is -2.25. The van der Waals surface area contributed by atoms with Gasteiger partial charge in [0, 0.05) is 30.9 Å².